The van der Waals surface area contributed by atoms with Gasteiger partial charge in [0.25, 0.3) is 0 Å². The number of urea groups is 1. The Bertz CT molecular complexity index is 345. The Hall–Kier alpha value is -0.810. The van der Waals surface area contributed by atoms with Crippen molar-refractivity contribution < 1.29 is 14.6 Å². The third-order valence-corrected chi connectivity index (χ3v) is 5.33. The first-order valence-electron chi connectivity index (χ1n) is 9.50. The molecule has 23 heavy (non-hydrogen) atoms. The Kier molecular flexibility index (Phi) is 8.17. The molecule has 0 aromatic heterocycles. The molecule has 2 aliphatic rings. The zero-order valence-corrected chi connectivity index (χ0v) is 14.6. The lowest BCUT2D eigenvalue weighted by atomic mass is 9.87. The van der Waals surface area contributed by atoms with E-state index in [1.54, 1.807) is 0 Å². The zero-order chi connectivity index (χ0) is 16.5. The van der Waals surface area contributed by atoms with Gasteiger partial charge in [0.15, 0.2) is 0 Å². The Balaban J connectivity index is 1.59. The summed E-state index contributed by atoms with van der Waals surface area (Å²) >= 11 is 0. The largest absolute Gasteiger partial charge is 0.393 e. The molecule has 3 unspecified atom stereocenters. The van der Waals surface area contributed by atoms with E-state index < -0.39 is 0 Å². The van der Waals surface area contributed by atoms with Crippen LogP contribution in [0.25, 0.3) is 0 Å². The highest BCUT2D eigenvalue weighted by Crippen LogP contribution is 2.30. The molecule has 0 saturated heterocycles. The smallest absolute Gasteiger partial charge is 0.314 e. The standard InChI is InChI=1S/C18H34N2O3/c1-2-23-17(15-7-3-4-8-15)10-11-19-18(22)20-13-14-6-5-9-16(21)12-14/h14-17,21H,2-13H2,1H3,(H2,19,20,22). The molecule has 3 N–H and O–H groups in total. The van der Waals surface area contributed by atoms with Crippen LogP contribution in [0.4, 0.5) is 4.79 Å². The highest BCUT2D eigenvalue weighted by Gasteiger charge is 2.25. The third-order valence-electron chi connectivity index (χ3n) is 5.33. The van der Waals surface area contributed by atoms with E-state index >= 15 is 0 Å². The summed E-state index contributed by atoms with van der Waals surface area (Å²) in [5, 5.41) is 15.6. The van der Waals surface area contributed by atoms with E-state index in [4.69, 9.17) is 4.74 Å². The van der Waals surface area contributed by atoms with Gasteiger partial charge in [-0.1, -0.05) is 19.3 Å². The van der Waals surface area contributed by atoms with Gasteiger partial charge in [0.2, 0.25) is 0 Å². The summed E-state index contributed by atoms with van der Waals surface area (Å²) in [6.07, 6.45) is 10.0. The summed E-state index contributed by atoms with van der Waals surface area (Å²) in [6, 6.07) is -0.0910. The first-order chi connectivity index (χ1) is 11.2. The van der Waals surface area contributed by atoms with Gasteiger partial charge in [0.05, 0.1) is 12.2 Å². The van der Waals surface area contributed by atoms with E-state index in [9.17, 15) is 9.90 Å². The van der Waals surface area contributed by atoms with E-state index in [1.165, 1.54) is 25.7 Å². The molecule has 0 aromatic rings. The van der Waals surface area contributed by atoms with Gasteiger partial charge < -0.3 is 20.5 Å². The zero-order valence-electron chi connectivity index (χ0n) is 14.6. The van der Waals surface area contributed by atoms with Crippen molar-refractivity contribution in [2.45, 2.75) is 76.9 Å². The number of ether oxygens (including phenoxy) is 1. The predicted molar refractivity (Wildman–Crippen MR) is 91.4 cm³/mol. The molecular formula is C18H34N2O3. The average Bonchev–Trinajstić information content (AvgIpc) is 3.06. The van der Waals surface area contributed by atoms with Crippen molar-refractivity contribution in [1.29, 1.82) is 0 Å². The lowest BCUT2D eigenvalue weighted by molar-refractivity contribution is 0.0167. The number of nitrogens with one attached hydrogen (secondary N) is 2. The molecule has 2 aliphatic carbocycles. The van der Waals surface area contributed by atoms with Crippen molar-refractivity contribution in [3.8, 4) is 0 Å². The van der Waals surface area contributed by atoms with Crippen LogP contribution in [0.5, 0.6) is 0 Å². The van der Waals surface area contributed by atoms with Crippen molar-refractivity contribution in [3.05, 3.63) is 0 Å². The lowest BCUT2D eigenvalue weighted by Crippen LogP contribution is -2.41. The molecule has 0 aliphatic heterocycles. The number of aliphatic hydroxyl groups is 1. The SMILES string of the molecule is CCOC(CCNC(=O)NCC1CCCC(O)C1)C1CCCC1. The normalized spacial score (nSPS) is 26.9. The fourth-order valence-corrected chi connectivity index (χ4v) is 4.07. The molecule has 2 fully saturated rings. The topological polar surface area (TPSA) is 70.6 Å². The van der Waals surface area contributed by atoms with E-state index in [0.29, 0.717) is 24.9 Å². The molecule has 0 heterocycles. The molecule has 3 atom stereocenters. The minimum atomic E-state index is -0.183. The van der Waals surface area contributed by atoms with Gasteiger partial charge >= 0.3 is 6.03 Å². The molecule has 5 heteroatoms. The number of hydrogen-bond acceptors (Lipinski definition) is 3. The van der Waals surface area contributed by atoms with Gasteiger partial charge in [0, 0.05) is 19.7 Å². The van der Waals surface area contributed by atoms with Crippen LogP contribution in [0.15, 0.2) is 0 Å². The maximum absolute atomic E-state index is 11.9. The van der Waals surface area contributed by atoms with Gasteiger partial charge in [-0.2, -0.15) is 0 Å². The lowest BCUT2D eigenvalue weighted by Gasteiger charge is -2.26. The van der Waals surface area contributed by atoms with E-state index in [2.05, 4.69) is 10.6 Å². The van der Waals surface area contributed by atoms with Crippen molar-refractivity contribution in [2.75, 3.05) is 19.7 Å². The summed E-state index contributed by atoms with van der Waals surface area (Å²) in [5.74, 6) is 1.09. The van der Waals surface area contributed by atoms with Crippen LogP contribution >= 0.6 is 0 Å². The van der Waals surface area contributed by atoms with E-state index in [-0.39, 0.29) is 18.2 Å². The highest BCUT2D eigenvalue weighted by molar-refractivity contribution is 5.73. The van der Waals surface area contributed by atoms with Crippen LogP contribution in [0, 0.1) is 11.8 Å². The third kappa shape index (κ3) is 6.68. The summed E-state index contributed by atoms with van der Waals surface area (Å²) in [6.45, 7) is 4.12. The molecule has 0 aromatic carbocycles. The van der Waals surface area contributed by atoms with Crippen molar-refractivity contribution in [2.24, 2.45) is 11.8 Å². The summed E-state index contributed by atoms with van der Waals surface area (Å²) < 4.78 is 5.88. The Morgan fingerprint density at radius 2 is 1.96 bits per heavy atom. The van der Waals surface area contributed by atoms with Gasteiger partial charge in [-0.3, -0.25) is 0 Å². The number of carbonyl (C=O) groups is 1. The maximum atomic E-state index is 11.9. The van der Waals surface area contributed by atoms with E-state index in [1.807, 2.05) is 6.92 Å². The summed E-state index contributed by atoms with van der Waals surface area (Å²) in [5.41, 5.74) is 0. The quantitative estimate of drug-likeness (QED) is 0.642. The van der Waals surface area contributed by atoms with Crippen LogP contribution in [0.1, 0.15) is 64.7 Å². The van der Waals surface area contributed by atoms with Crippen LogP contribution in [-0.2, 0) is 4.74 Å². The first-order valence-corrected chi connectivity index (χ1v) is 9.50. The van der Waals surface area contributed by atoms with Gasteiger partial charge in [-0.25, -0.2) is 4.79 Å². The average molecular weight is 326 g/mol. The summed E-state index contributed by atoms with van der Waals surface area (Å²) in [4.78, 5) is 11.9. The maximum Gasteiger partial charge on any atom is 0.314 e. The Labute approximate surface area is 140 Å². The number of amides is 2. The van der Waals surface area contributed by atoms with Crippen molar-refractivity contribution >= 4 is 6.03 Å². The molecule has 2 amide bonds. The highest BCUT2D eigenvalue weighted by atomic mass is 16.5. The molecule has 0 spiro atoms. The van der Waals surface area contributed by atoms with Crippen LogP contribution < -0.4 is 10.6 Å². The second-order valence-electron chi connectivity index (χ2n) is 7.15. The predicted octanol–water partition coefficient (Wildman–Crippen LogP) is 2.82. The fourth-order valence-electron chi connectivity index (χ4n) is 4.07. The van der Waals surface area contributed by atoms with Crippen molar-refractivity contribution in [1.82, 2.24) is 10.6 Å². The van der Waals surface area contributed by atoms with Gasteiger partial charge in [-0.15, -0.1) is 0 Å². The molecule has 134 valence electrons. The number of hydrogen-bond donors (Lipinski definition) is 3. The Morgan fingerprint density at radius 3 is 2.65 bits per heavy atom. The molecular weight excluding hydrogens is 292 g/mol. The summed E-state index contributed by atoms with van der Waals surface area (Å²) in [7, 11) is 0. The van der Waals surface area contributed by atoms with Crippen molar-refractivity contribution in [3.63, 3.8) is 0 Å². The molecule has 0 bridgehead atoms. The first kappa shape index (κ1) is 18.5. The van der Waals surface area contributed by atoms with Gasteiger partial charge in [0.1, 0.15) is 0 Å². The molecule has 5 nitrogen and oxygen atoms in total. The fraction of sp³-hybridized carbons (Fsp3) is 0.944. The second kappa shape index (κ2) is 10.1. The molecule has 0 radical (unpaired) electrons. The Morgan fingerprint density at radius 1 is 1.17 bits per heavy atom. The van der Waals surface area contributed by atoms with Gasteiger partial charge in [-0.05, 0) is 57.3 Å². The van der Waals surface area contributed by atoms with Crippen LogP contribution in [0.2, 0.25) is 0 Å². The minimum Gasteiger partial charge on any atom is -0.393 e. The molecule has 2 rings (SSSR count). The number of rotatable bonds is 8. The van der Waals surface area contributed by atoms with Crippen LogP contribution in [0.3, 0.4) is 0 Å². The second-order valence-corrected chi connectivity index (χ2v) is 7.15. The number of aliphatic hydroxyl groups excluding tert-OH is 1. The number of carbonyl (C=O) groups excluding carboxylic acids is 1. The van der Waals surface area contributed by atoms with Crippen LogP contribution in [-0.4, -0.2) is 43.0 Å². The molecule has 2 saturated carbocycles. The van der Waals surface area contributed by atoms with E-state index in [0.717, 1.165) is 38.7 Å². The monoisotopic (exact) mass is 326 g/mol. The minimum absolute atomic E-state index is 0.0910.